The molecule has 0 saturated carbocycles. The van der Waals surface area contributed by atoms with Gasteiger partial charge in [0, 0.05) is 10.8 Å². The number of fused-ring (bicyclic) bond motifs is 1. The summed E-state index contributed by atoms with van der Waals surface area (Å²) in [5.41, 5.74) is 0.453. The van der Waals surface area contributed by atoms with Gasteiger partial charge in [-0.3, -0.25) is 4.72 Å². The second-order valence-corrected chi connectivity index (χ2v) is 10.1. The van der Waals surface area contributed by atoms with Crippen LogP contribution in [0.3, 0.4) is 0 Å². The molecule has 0 amide bonds. The molecule has 3 rings (SSSR count). The van der Waals surface area contributed by atoms with Gasteiger partial charge in [0.2, 0.25) is 10.0 Å². The number of nitrogens with zero attached hydrogens (tertiary/aromatic N) is 1. The summed E-state index contributed by atoms with van der Waals surface area (Å²) >= 11 is 2.86. The van der Waals surface area contributed by atoms with Crippen LogP contribution < -0.4 is 14.6 Å². The number of sulfonamides is 1. The van der Waals surface area contributed by atoms with E-state index in [9.17, 15) is 13.5 Å². The van der Waals surface area contributed by atoms with Crippen molar-refractivity contribution in [3.63, 3.8) is 0 Å². The molecule has 8 heteroatoms. The molecule has 1 aromatic heterocycles. The number of aromatic hydroxyl groups is 1. The monoisotopic (exact) mass is 420 g/mol. The summed E-state index contributed by atoms with van der Waals surface area (Å²) in [7, 11) is -3.44. The van der Waals surface area contributed by atoms with Crippen molar-refractivity contribution < 1.29 is 13.5 Å². The second kappa shape index (κ2) is 7.92. The Labute approximate surface area is 166 Å². The van der Waals surface area contributed by atoms with Crippen LogP contribution in [0.2, 0.25) is 0 Å². The maximum absolute atomic E-state index is 12.1. The first-order chi connectivity index (χ1) is 12.9. The van der Waals surface area contributed by atoms with Gasteiger partial charge in [-0.2, -0.15) is 0 Å². The molecule has 2 N–H and O–H groups in total. The second-order valence-electron chi connectivity index (χ2n) is 5.73. The topological polar surface area (TPSA) is 79.3 Å². The van der Waals surface area contributed by atoms with Gasteiger partial charge in [0.1, 0.15) is 5.75 Å². The van der Waals surface area contributed by atoms with Gasteiger partial charge in [0.25, 0.3) is 0 Å². The van der Waals surface area contributed by atoms with Gasteiger partial charge in [-0.25, -0.2) is 13.4 Å². The summed E-state index contributed by atoms with van der Waals surface area (Å²) in [6.45, 7) is 5.48. The fourth-order valence-corrected chi connectivity index (χ4v) is 5.40. The fraction of sp³-hybridized carbons (Fsp3) is 0.211. The molecule has 0 aliphatic rings. The molecule has 5 nitrogen and oxygen atoms in total. The van der Waals surface area contributed by atoms with Crippen molar-refractivity contribution in [1.82, 2.24) is 4.98 Å². The number of phenolic OH excluding ortho intramolecular Hbond substituents is 1. The fourth-order valence-electron chi connectivity index (χ4n) is 2.61. The van der Waals surface area contributed by atoms with Crippen LogP contribution in [0.5, 0.6) is 5.75 Å². The number of anilines is 1. The summed E-state index contributed by atoms with van der Waals surface area (Å²) in [6, 6.07) is 8.85. The third kappa shape index (κ3) is 4.12. The predicted octanol–water partition coefficient (Wildman–Crippen LogP) is 3.52. The van der Waals surface area contributed by atoms with E-state index in [4.69, 9.17) is 0 Å². The summed E-state index contributed by atoms with van der Waals surface area (Å²) < 4.78 is 28.7. The molecule has 0 spiro atoms. The molecule has 0 fully saturated rings. The maximum Gasteiger partial charge on any atom is 0.232 e. The zero-order valence-electron chi connectivity index (χ0n) is 15.2. The van der Waals surface area contributed by atoms with Crippen molar-refractivity contribution in [1.29, 1.82) is 0 Å². The van der Waals surface area contributed by atoms with E-state index in [0.29, 0.717) is 21.4 Å². The van der Waals surface area contributed by atoms with Crippen molar-refractivity contribution >= 4 is 61.7 Å². The van der Waals surface area contributed by atoms with Gasteiger partial charge >= 0.3 is 0 Å². The van der Waals surface area contributed by atoms with Gasteiger partial charge in [0.05, 0.1) is 26.2 Å². The smallest absolute Gasteiger partial charge is 0.232 e. The molecule has 0 saturated heterocycles. The molecule has 0 atom stereocenters. The largest absolute Gasteiger partial charge is 0.506 e. The maximum atomic E-state index is 12.1. The van der Waals surface area contributed by atoms with Crippen molar-refractivity contribution in [3.8, 4) is 5.75 Å². The lowest BCUT2D eigenvalue weighted by Crippen LogP contribution is -2.19. The third-order valence-corrected chi connectivity index (χ3v) is 7.54. The molecule has 2 aromatic carbocycles. The first-order valence-corrected chi connectivity index (χ1v) is 11.7. The highest BCUT2D eigenvalue weighted by Crippen LogP contribution is 2.42. The molecule has 0 aliphatic carbocycles. The van der Waals surface area contributed by atoms with Crippen LogP contribution in [0.4, 0.5) is 5.69 Å². The number of thiazole rings is 1. The van der Waals surface area contributed by atoms with Gasteiger partial charge < -0.3 is 5.11 Å². The van der Waals surface area contributed by atoms with Crippen molar-refractivity contribution in [2.24, 2.45) is 0 Å². The van der Waals surface area contributed by atoms with Crippen LogP contribution in [0, 0.1) is 0 Å². The predicted molar refractivity (Wildman–Crippen MR) is 114 cm³/mol. The Morgan fingerprint density at radius 2 is 1.93 bits per heavy atom. The minimum atomic E-state index is -3.44. The summed E-state index contributed by atoms with van der Waals surface area (Å²) in [4.78, 5) is 5.14. The van der Waals surface area contributed by atoms with E-state index in [1.807, 2.05) is 38.1 Å². The lowest BCUT2D eigenvalue weighted by Gasteiger charge is -2.13. The number of nitrogens with one attached hydrogen (secondary N) is 1. The number of hydrogen-bond acceptors (Lipinski definition) is 6. The number of hydrogen-bond donors (Lipinski definition) is 2. The van der Waals surface area contributed by atoms with Gasteiger partial charge in [-0.1, -0.05) is 48.2 Å². The minimum absolute atomic E-state index is 0.0252. The van der Waals surface area contributed by atoms with E-state index < -0.39 is 10.0 Å². The Morgan fingerprint density at radius 1 is 1.22 bits per heavy atom. The SMILES string of the molecule is C/C=c1/nc(Sc2cc(NS(=O)(=O)CC)c3ccccc3c2O)s/c1=C/C. The van der Waals surface area contributed by atoms with Gasteiger partial charge in [0.15, 0.2) is 4.34 Å². The molecule has 0 bridgehead atoms. The number of aromatic nitrogens is 1. The highest BCUT2D eigenvalue weighted by atomic mass is 32.2. The zero-order chi connectivity index (χ0) is 19.6. The highest BCUT2D eigenvalue weighted by molar-refractivity contribution is 8.01. The molecule has 0 aliphatic heterocycles. The molecule has 3 aromatic rings. The van der Waals surface area contributed by atoms with Crippen LogP contribution in [0.25, 0.3) is 22.9 Å². The van der Waals surface area contributed by atoms with Crippen LogP contribution >= 0.6 is 23.1 Å². The zero-order valence-corrected chi connectivity index (χ0v) is 17.6. The van der Waals surface area contributed by atoms with E-state index in [0.717, 1.165) is 14.2 Å². The third-order valence-electron chi connectivity index (χ3n) is 4.02. The molecule has 0 unspecified atom stereocenters. The van der Waals surface area contributed by atoms with Crippen LogP contribution in [-0.4, -0.2) is 24.3 Å². The standard InChI is InChI=1S/C19H20N2O3S3/c1-4-14-16(5-2)25-19(20-14)26-17-11-15(21-27(23,24)6-3)12-9-7-8-10-13(12)18(17)22/h4-5,7-11,21-22H,6H2,1-3H3/b14-4+,16-5+. The summed E-state index contributed by atoms with van der Waals surface area (Å²) in [6.07, 6.45) is 3.94. The van der Waals surface area contributed by atoms with Crippen LogP contribution in [-0.2, 0) is 10.0 Å². The molecule has 1 heterocycles. The molecule has 142 valence electrons. The van der Waals surface area contributed by atoms with Crippen molar-refractivity contribution in [3.05, 3.63) is 40.2 Å². The Hall–Kier alpha value is -2.03. The summed E-state index contributed by atoms with van der Waals surface area (Å²) in [5.74, 6) is 0.0945. The number of rotatable bonds is 5. The number of benzene rings is 2. The molecule has 0 radical (unpaired) electrons. The van der Waals surface area contributed by atoms with E-state index in [1.165, 1.54) is 23.1 Å². The Kier molecular flexibility index (Phi) is 5.78. The number of phenols is 1. The van der Waals surface area contributed by atoms with E-state index >= 15 is 0 Å². The highest BCUT2D eigenvalue weighted by Gasteiger charge is 2.17. The van der Waals surface area contributed by atoms with Crippen LogP contribution in [0.15, 0.2) is 39.6 Å². The van der Waals surface area contributed by atoms with E-state index in [-0.39, 0.29) is 11.5 Å². The van der Waals surface area contributed by atoms with Crippen molar-refractivity contribution in [2.45, 2.75) is 30.0 Å². The van der Waals surface area contributed by atoms with Gasteiger partial charge in [-0.15, -0.1) is 11.3 Å². The first kappa shape index (κ1) is 19.7. The normalized spacial score (nSPS) is 13.4. The lowest BCUT2D eigenvalue weighted by molar-refractivity contribution is 0.469. The first-order valence-electron chi connectivity index (χ1n) is 8.41. The molecular weight excluding hydrogens is 400 g/mol. The van der Waals surface area contributed by atoms with E-state index in [2.05, 4.69) is 9.71 Å². The quantitative estimate of drug-likeness (QED) is 0.618. The average Bonchev–Trinajstić information content (AvgIpc) is 3.07. The summed E-state index contributed by atoms with van der Waals surface area (Å²) in [5, 5.41) is 12.9. The van der Waals surface area contributed by atoms with Crippen molar-refractivity contribution in [2.75, 3.05) is 10.5 Å². The lowest BCUT2D eigenvalue weighted by atomic mass is 10.1. The Balaban J connectivity index is 2.16. The van der Waals surface area contributed by atoms with Gasteiger partial charge in [-0.05, 0) is 26.8 Å². The molecule has 27 heavy (non-hydrogen) atoms. The Bertz CT molecular complexity index is 1180. The van der Waals surface area contributed by atoms with E-state index in [1.54, 1.807) is 25.1 Å². The molecular formula is C19H20N2O3S3. The Morgan fingerprint density at radius 3 is 2.52 bits per heavy atom. The van der Waals surface area contributed by atoms with Crippen LogP contribution in [0.1, 0.15) is 20.8 Å². The average molecular weight is 421 g/mol. The minimum Gasteiger partial charge on any atom is -0.506 e.